The summed E-state index contributed by atoms with van der Waals surface area (Å²) in [7, 11) is 0. The highest BCUT2D eigenvalue weighted by Gasteiger charge is 2.34. The van der Waals surface area contributed by atoms with Crippen molar-refractivity contribution >= 4 is 23.2 Å². The van der Waals surface area contributed by atoms with Crippen molar-refractivity contribution in [2.75, 3.05) is 56.0 Å². The van der Waals surface area contributed by atoms with E-state index in [1.807, 2.05) is 18.2 Å². The summed E-state index contributed by atoms with van der Waals surface area (Å²) in [6, 6.07) is 16.3. The summed E-state index contributed by atoms with van der Waals surface area (Å²) in [4.78, 5) is 32.4. The lowest BCUT2D eigenvalue weighted by atomic mass is 9.97. The molecule has 3 aliphatic heterocycles. The fourth-order valence-electron chi connectivity index (χ4n) is 5.36. The summed E-state index contributed by atoms with van der Waals surface area (Å²) in [5.41, 5.74) is 3.76. The molecule has 2 N–H and O–H groups in total. The fraction of sp³-hybridized carbons (Fsp3) is 0.481. The standard InChI is InChI=1S/C27H35N5O2/c33-26(22-10-11-24-23(19-22)29-27(34)25-9-4-5-14-32(24)25)28-12-6-13-30-15-17-31(18-16-30)20-21-7-2-1-3-8-21/h1-3,7-8,10-11,19,25H,4-6,9,12-18,20H2,(H,28,33)(H,29,34)/t25-/m1/s1. The molecule has 2 aromatic rings. The molecule has 2 amide bonds. The average molecular weight is 462 g/mol. The predicted molar refractivity (Wildman–Crippen MR) is 135 cm³/mol. The van der Waals surface area contributed by atoms with Crippen LogP contribution in [0.4, 0.5) is 11.4 Å². The van der Waals surface area contributed by atoms with Gasteiger partial charge in [-0.3, -0.25) is 14.5 Å². The highest BCUT2D eigenvalue weighted by Crippen LogP contribution is 2.36. The number of fused-ring (bicyclic) bond motifs is 3. The molecule has 0 unspecified atom stereocenters. The highest BCUT2D eigenvalue weighted by molar-refractivity contribution is 6.05. The summed E-state index contributed by atoms with van der Waals surface area (Å²) in [6.07, 6.45) is 4.03. The van der Waals surface area contributed by atoms with Crippen LogP contribution in [0.15, 0.2) is 48.5 Å². The van der Waals surface area contributed by atoms with Crippen LogP contribution in [-0.2, 0) is 11.3 Å². The highest BCUT2D eigenvalue weighted by atomic mass is 16.2. The van der Waals surface area contributed by atoms with E-state index >= 15 is 0 Å². The van der Waals surface area contributed by atoms with Crippen LogP contribution < -0.4 is 15.5 Å². The number of hydrogen-bond acceptors (Lipinski definition) is 5. The minimum atomic E-state index is -0.0782. The van der Waals surface area contributed by atoms with Crippen molar-refractivity contribution < 1.29 is 9.59 Å². The molecule has 180 valence electrons. The number of carbonyl (C=O) groups is 2. The van der Waals surface area contributed by atoms with Gasteiger partial charge in [-0.15, -0.1) is 0 Å². The minimum Gasteiger partial charge on any atom is -0.358 e. The van der Waals surface area contributed by atoms with Crippen LogP contribution in [0.3, 0.4) is 0 Å². The molecule has 5 rings (SSSR count). The Morgan fingerprint density at radius 3 is 2.59 bits per heavy atom. The summed E-state index contributed by atoms with van der Waals surface area (Å²) in [5, 5.41) is 6.06. The van der Waals surface area contributed by atoms with Gasteiger partial charge in [-0.05, 0) is 56.0 Å². The molecule has 3 aliphatic rings. The van der Waals surface area contributed by atoms with Crippen molar-refractivity contribution in [2.24, 2.45) is 0 Å². The second-order valence-corrected chi connectivity index (χ2v) is 9.64. The van der Waals surface area contributed by atoms with E-state index in [1.54, 1.807) is 0 Å². The Kier molecular flexibility index (Phi) is 7.11. The van der Waals surface area contributed by atoms with E-state index in [2.05, 4.69) is 55.7 Å². The number of rotatable bonds is 7. The number of nitrogens with one attached hydrogen (secondary N) is 2. The molecule has 2 saturated heterocycles. The van der Waals surface area contributed by atoms with Gasteiger partial charge in [0.25, 0.3) is 5.91 Å². The van der Waals surface area contributed by atoms with Gasteiger partial charge in [-0.25, -0.2) is 0 Å². The largest absolute Gasteiger partial charge is 0.358 e. The number of anilines is 2. The first kappa shape index (κ1) is 22.9. The lowest BCUT2D eigenvalue weighted by Crippen LogP contribution is -2.50. The lowest BCUT2D eigenvalue weighted by molar-refractivity contribution is -0.118. The molecule has 7 heteroatoms. The first-order chi connectivity index (χ1) is 16.7. The molecule has 0 radical (unpaired) electrons. The third kappa shape index (κ3) is 5.26. The maximum absolute atomic E-state index is 12.7. The molecule has 2 fully saturated rings. The third-order valence-electron chi connectivity index (χ3n) is 7.28. The summed E-state index contributed by atoms with van der Waals surface area (Å²) < 4.78 is 0. The summed E-state index contributed by atoms with van der Waals surface area (Å²) in [5.74, 6) is -0.0286. The molecule has 0 aliphatic carbocycles. The first-order valence-corrected chi connectivity index (χ1v) is 12.7. The van der Waals surface area contributed by atoms with Gasteiger partial charge in [-0.1, -0.05) is 30.3 Å². The number of piperazine rings is 1. The summed E-state index contributed by atoms with van der Waals surface area (Å²) in [6.45, 7) is 7.88. The number of hydrogen-bond donors (Lipinski definition) is 2. The average Bonchev–Trinajstić information content (AvgIpc) is 2.88. The molecular formula is C27H35N5O2. The Balaban J connectivity index is 1.05. The van der Waals surface area contributed by atoms with E-state index in [-0.39, 0.29) is 17.9 Å². The molecular weight excluding hydrogens is 426 g/mol. The van der Waals surface area contributed by atoms with Crippen molar-refractivity contribution in [3.8, 4) is 0 Å². The van der Waals surface area contributed by atoms with Gasteiger partial charge in [-0.2, -0.15) is 0 Å². The normalized spacial score (nSPS) is 20.9. The molecule has 34 heavy (non-hydrogen) atoms. The number of piperidine rings is 1. The molecule has 0 aromatic heterocycles. The van der Waals surface area contributed by atoms with Crippen LogP contribution in [0.25, 0.3) is 0 Å². The zero-order chi connectivity index (χ0) is 23.3. The number of carbonyl (C=O) groups excluding carboxylic acids is 2. The van der Waals surface area contributed by atoms with Crippen LogP contribution in [-0.4, -0.2) is 73.5 Å². The van der Waals surface area contributed by atoms with Gasteiger partial charge in [0.05, 0.1) is 11.4 Å². The van der Waals surface area contributed by atoms with Crippen LogP contribution in [0.2, 0.25) is 0 Å². The molecule has 7 nitrogen and oxygen atoms in total. The second kappa shape index (κ2) is 10.6. The zero-order valence-electron chi connectivity index (χ0n) is 19.8. The van der Waals surface area contributed by atoms with Gasteiger partial charge in [0.2, 0.25) is 5.91 Å². The van der Waals surface area contributed by atoms with Gasteiger partial charge in [0.15, 0.2) is 0 Å². The van der Waals surface area contributed by atoms with Crippen molar-refractivity contribution in [3.05, 3.63) is 59.7 Å². The Labute approximate surface area is 202 Å². The topological polar surface area (TPSA) is 67.9 Å². The smallest absolute Gasteiger partial charge is 0.251 e. The van der Waals surface area contributed by atoms with Crippen molar-refractivity contribution in [1.29, 1.82) is 0 Å². The van der Waals surface area contributed by atoms with Crippen molar-refractivity contribution in [3.63, 3.8) is 0 Å². The van der Waals surface area contributed by atoms with E-state index in [1.165, 1.54) is 5.56 Å². The van der Waals surface area contributed by atoms with Crippen LogP contribution in [0.1, 0.15) is 41.6 Å². The minimum absolute atomic E-state index is 0.0497. The van der Waals surface area contributed by atoms with Crippen molar-refractivity contribution in [2.45, 2.75) is 38.3 Å². The second-order valence-electron chi connectivity index (χ2n) is 9.64. The van der Waals surface area contributed by atoms with Gasteiger partial charge in [0, 0.05) is 51.4 Å². The van der Waals surface area contributed by atoms with E-state index in [9.17, 15) is 9.59 Å². The zero-order valence-corrected chi connectivity index (χ0v) is 19.8. The van der Waals surface area contributed by atoms with Crippen LogP contribution >= 0.6 is 0 Å². The monoisotopic (exact) mass is 461 g/mol. The Hall–Kier alpha value is -2.90. The Bertz CT molecular complexity index is 1000. The quantitative estimate of drug-likeness (QED) is 0.621. The molecule has 3 heterocycles. The van der Waals surface area contributed by atoms with Crippen LogP contribution in [0, 0.1) is 0 Å². The van der Waals surface area contributed by atoms with Gasteiger partial charge < -0.3 is 20.4 Å². The predicted octanol–water partition coefficient (Wildman–Crippen LogP) is 2.94. The fourth-order valence-corrected chi connectivity index (χ4v) is 5.36. The lowest BCUT2D eigenvalue weighted by Gasteiger charge is -2.41. The Morgan fingerprint density at radius 2 is 1.76 bits per heavy atom. The van der Waals surface area contributed by atoms with Crippen molar-refractivity contribution in [1.82, 2.24) is 15.1 Å². The number of amides is 2. The number of benzene rings is 2. The maximum atomic E-state index is 12.7. The third-order valence-corrected chi connectivity index (χ3v) is 7.28. The SMILES string of the molecule is O=C(NCCCN1CCN(Cc2ccccc2)CC1)c1ccc2c(c1)NC(=O)[C@H]1CCCCN21. The van der Waals surface area contributed by atoms with E-state index in [0.717, 1.165) is 82.9 Å². The first-order valence-electron chi connectivity index (χ1n) is 12.7. The van der Waals surface area contributed by atoms with E-state index < -0.39 is 0 Å². The summed E-state index contributed by atoms with van der Waals surface area (Å²) >= 11 is 0. The molecule has 0 spiro atoms. The molecule has 2 aromatic carbocycles. The number of nitrogens with zero attached hydrogens (tertiary/aromatic N) is 3. The molecule has 0 bridgehead atoms. The molecule has 0 saturated carbocycles. The molecule has 1 atom stereocenters. The Morgan fingerprint density at radius 1 is 0.971 bits per heavy atom. The maximum Gasteiger partial charge on any atom is 0.251 e. The van der Waals surface area contributed by atoms with E-state index in [4.69, 9.17) is 0 Å². The van der Waals surface area contributed by atoms with Gasteiger partial charge in [0.1, 0.15) is 6.04 Å². The van der Waals surface area contributed by atoms with E-state index in [0.29, 0.717) is 12.1 Å². The van der Waals surface area contributed by atoms with Gasteiger partial charge >= 0.3 is 0 Å². The van der Waals surface area contributed by atoms with Crippen LogP contribution in [0.5, 0.6) is 0 Å².